The molecule has 0 aliphatic carbocycles. The molecule has 0 aliphatic rings. The van der Waals surface area contributed by atoms with Crippen molar-refractivity contribution in [2.24, 2.45) is 0 Å². The minimum Gasteiger partial charge on any atom is -0.300 e. The number of hydrogen-bond donors (Lipinski definition) is 0. The fraction of sp³-hybridized carbons (Fsp3) is 0.562. The zero-order valence-electron chi connectivity index (χ0n) is 12.4. The number of carbonyl (C=O) groups excluding carboxylic acids is 1. The summed E-state index contributed by atoms with van der Waals surface area (Å²) in [6, 6.07) is 7.98. The summed E-state index contributed by atoms with van der Waals surface area (Å²) in [6.45, 7) is 8.35. The Morgan fingerprint density at radius 1 is 1.16 bits per heavy atom. The molecule has 0 bridgehead atoms. The van der Waals surface area contributed by atoms with Crippen LogP contribution in [0.25, 0.3) is 0 Å². The molecule has 1 unspecified atom stereocenters. The molecule has 2 nitrogen and oxygen atoms in total. The zero-order chi connectivity index (χ0) is 14.5. The van der Waals surface area contributed by atoms with Gasteiger partial charge < -0.3 is 0 Å². The quantitative estimate of drug-likeness (QED) is 0.793. The Kier molecular flexibility index (Phi) is 5.92. The van der Waals surface area contributed by atoms with E-state index in [-0.39, 0.29) is 11.2 Å². The van der Waals surface area contributed by atoms with E-state index >= 15 is 0 Å². The van der Waals surface area contributed by atoms with Crippen molar-refractivity contribution in [1.29, 1.82) is 0 Å². The molecule has 0 spiro atoms. The molecular formula is C16H24O2S. The van der Waals surface area contributed by atoms with E-state index in [2.05, 4.69) is 20.8 Å². The van der Waals surface area contributed by atoms with Crippen LogP contribution < -0.4 is 0 Å². The number of rotatable bonds is 6. The molecule has 3 heteroatoms. The van der Waals surface area contributed by atoms with Gasteiger partial charge in [-0.15, -0.1) is 0 Å². The second kappa shape index (κ2) is 6.99. The summed E-state index contributed by atoms with van der Waals surface area (Å²) in [5.41, 5.74) is 1.36. The van der Waals surface area contributed by atoms with E-state index < -0.39 is 10.8 Å². The maximum Gasteiger partial charge on any atom is 0.132 e. The third-order valence-electron chi connectivity index (χ3n) is 3.16. The van der Waals surface area contributed by atoms with Crippen molar-refractivity contribution in [3.63, 3.8) is 0 Å². The van der Waals surface area contributed by atoms with Gasteiger partial charge in [0.2, 0.25) is 0 Å². The van der Waals surface area contributed by atoms with Crippen LogP contribution in [0.4, 0.5) is 0 Å². The fourth-order valence-electron chi connectivity index (χ4n) is 1.80. The van der Waals surface area contributed by atoms with Gasteiger partial charge in [0.1, 0.15) is 5.78 Å². The van der Waals surface area contributed by atoms with Gasteiger partial charge in [-0.2, -0.15) is 0 Å². The summed E-state index contributed by atoms with van der Waals surface area (Å²) < 4.78 is 12.1. The van der Waals surface area contributed by atoms with Crippen LogP contribution in [-0.2, 0) is 21.0 Å². The third-order valence-corrected chi connectivity index (χ3v) is 4.62. The summed E-state index contributed by atoms with van der Waals surface area (Å²) in [6.07, 6.45) is 1.83. The molecule has 0 saturated carbocycles. The predicted molar refractivity (Wildman–Crippen MR) is 80.9 cm³/mol. The van der Waals surface area contributed by atoms with Gasteiger partial charge >= 0.3 is 0 Å². The van der Waals surface area contributed by atoms with Gasteiger partial charge in [-0.1, -0.05) is 39.8 Å². The average Bonchev–Trinajstić information content (AvgIpc) is 2.37. The first-order chi connectivity index (χ1) is 8.84. The number of benzene rings is 1. The van der Waals surface area contributed by atoms with E-state index in [0.29, 0.717) is 25.0 Å². The Hall–Kier alpha value is -0.960. The number of hydrogen-bond acceptors (Lipinski definition) is 2. The lowest BCUT2D eigenvalue weighted by Gasteiger charge is -2.19. The topological polar surface area (TPSA) is 34.1 Å². The van der Waals surface area contributed by atoms with Crippen LogP contribution in [0.2, 0.25) is 0 Å². The summed E-state index contributed by atoms with van der Waals surface area (Å²) in [4.78, 5) is 12.0. The van der Waals surface area contributed by atoms with E-state index in [1.54, 1.807) is 0 Å². The van der Waals surface area contributed by atoms with Crippen molar-refractivity contribution in [3.05, 3.63) is 29.8 Å². The van der Waals surface area contributed by atoms with Crippen LogP contribution in [-0.4, -0.2) is 15.7 Å². The van der Waals surface area contributed by atoms with E-state index in [1.807, 2.05) is 31.2 Å². The van der Waals surface area contributed by atoms with Crippen molar-refractivity contribution >= 4 is 16.6 Å². The van der Waals surface area contributed by atoms with Gasteiger partial charge in [-0.3, -0.25) is 9.00 Å². The van der Waals surface area contributed by atoms with Crippen LogP contribution in [0.5, 0.6) is 0 Å². The lowest BCUT2D eigenvalue weighted by molar-refractivity contribution is -0.118. The molecule has 0 heterocycles. The number of carbonyl (C=O) groups is 1. The Bertz CT molecular complexity index is 441. The van der Waals surface area contributed by atoms with Crippen molar-refractivity contribution in [2.75, 3.05) is 5.75 Å². The molecule has 0 aromatic heterocycles. The summed E-state index contributed by atoms with van der Waals surface area (Å²) in [5.74, 6) is 0.820. The first-order valence-corrected chi connectivity index (χ1v) is 8.17. The molecule has 0 amide bonds. The largest absolute Gasteiger partial charge is 0.300 e. The van der Waals surface area contributed by atoms with E-state index in [9.17, 15) is 9.00 Å². The highest BCUT2D eigenvalue weighted by Crippen LogP contribution is 2.23. The van der Waals surface area contributed by atoms with Crippen molar-refractivity contribution < 1.29 is 9.00 Å². The number of ketones is 1. The highest BCUT2D eigenvalue weighted by Gasteiger charge is 2.13. The summed E-state index contributed by atoms with van der Waals surface area (Å²) in [7, 11) is -0.989. The lowest BCUT2D eigenvalue weighted by atomic mass is 9.87. The molecular weight excluding hydrogens is 256 g/mol. The molecule has 0 fully saturated rings. The second-order valence-electron chi connectivity index (χ2n) is 5.82. The molecule has 1 atom stereocenters. The smallest absolute Gasteiger partial charge is 0.132 e. The van der Waals surface area contributed by atoms with Crippen LogP contribution >= 0.6 is 0 Å². The van der Waals surface area contributed by atoms with Gasteiger partial charge in [0, 0.05) is 23.5 Å². The van der Waals surface area contributed by atoms with E-state index in [0.717, 1.165) is 4.90 Å². The van der Waals surface area contributed by atoms with Crippen molar-refractivity contribution in [3.8, 4) is 0 Å². The highest BCUT2D eigenvalue weighted by atomic mass is 32.2. The maximum atomic E-state index is 12.1. The minimum atomic E-state index is -0.989. The van der Waals surface area contributed by atoms with Crippen molar-refractivity contribution in [1.82, 2.24) is 0 Å². The molecule has 1 aromatic carbocycles. The van der Waals surface area contributed by atoms with Crippen LogP contribution in [0.1, 0.15) is 52.5 Å². The molecule has 1 rings (SSSR count). The average molecular weight is 280 g/mol. The molecule has 0 N–H and O–H groups in total. The SMILES string of the molecule is CCC(=O)CCCS(=O)c1ccc(C(C)(C)C)cc1. The molecule has 1 aromatic rings. The monoisotopic (exact) mass is 280 g/mol. The van der Waals surface area contributed by atoms with E-state index in [4.69, 9.17) is 0 Å². The van der Waals surface area contributed by atoms with Crippen LogP contribution in [0.3, 0.4) is 0 Å². The van der Waals surface area contributed by atoms with Gasteiger partial charge in [-0.25, -0.2) is 0 Å². The van der Waals surface area contributed by atoms with Crippen LogP contribution in [0, 0.1) is 0 Å². The minimum absolute atomic E-state index is 0.119. The highest BCUT2D eigenvalue weighted by molar-refractivity contribution is 7.85. The maximum absolute atomic E-state index is 12.1. The third kappa shape index (κ3) is 5.27. The predicted octanol–water partition coefficient (Wildman–Crippen LogP) is 3.85. The number of Topliss-reactive ketones (excluding diaryl/α,β-unsaturated/α-hetero) is 1. The molecule has 106 valence electrons. The fourth-order valence-corrected chi connectivity index (χ4v) is 2.88. The first kappa shape index (κ1) is 16.1. The molecule has 0 saturated heterocycles. The first-order valence-electron chi connectivity index (χ1n) is 6.85. The lowest BCUT2D eigenvalue weighted by Crippen LogP contribution is -2.11. The molecule has 0 aliphatic heterocycles. The Morgan fingerprint density at radius 2 is 1.74 bits per heavy atom. The van der Waals surface area contributed by atoms with Crippen molar-refractivity contribution in [2.45, 2.75) is 57.3 Å². The van der Waals surface area contributed by atoms with Gasteiger partial charge in [0.15, 0.2) is 0 Å². The summed E-state index contributed by atoms with van der Waals surface area (Å²) >= 11 is 0. The van der Waals surface area contributed by atoms with Gasteiger partial charge in [-0.05, 0) is 29.5 Å². The normalized spacial score (nSPS) is 13.3. The Labute approximate surface area is 119 Å². The standard InChI is InChI=1S/C16H24O2S/c1-5-14(17)7-6-12-19(18)15-10-8-13(9-11-15)16(2,3)4/h8-11H,5-7,12H2,1-4H3. The van der Waals surface area contributed by atoms with E-state index in [1.165, 1.54) is 5.56 Å². The van der Waals surface area contributed by atoms with Crippen LogP contribution in [0.15, 0.2) is 29.2 Å². The Morgan fingerprint density at radius 3 is 2.21 bits per heavy atom. The van der Waals surface area contributed by atoms with Gasteiger partial charge in [0.05, 0.1) is 10.8 Å². The summed E-state index contributed by atoms with van der Waals surface area (Å²) in [5, 5.41) is 0. The second-order valence-corrected chi connectivity index (χ2v) is 7.39. The molecule has 19 heavy (non-hydrogen) atoms. The van der Waals surface area contributed by atoms with Gasteiger partial charge in [0.25, 0.3) is 0 Å². The zero-order valence-corrected chi connectivity index (χ0v) is 13.2. The Balaban J connectivity index is 2.56. The molecule has 0 radical (unpaired) electrons.